The van der Waals surface area contributed by atoms with Crippen molar-refractivity contribution in [2.45, 2.75) is 36.1 Å². The summed E-state index contributed by atoms with van der Waals surface area (Å²) in [6, 6.07) is 2.92. The van der Waals surface area contributed by atoms with Gasteiger partial charge in [0.05, 0.1) is 17.6 Å². The number of hydrogen-bond donors (Lipinski definition) is 2. The highest BCUT2D eigenvalue weighted by molar-refractivity contribution is 7.89. The van der Waals surface area contributed by atoms with Gasteiger partial charge in [-0.3, -0.25) is 0 Å². The number of hydrogen-bond acceptors (Lipinski definition) is 5. The van der Waals surface area contributed by atoms with Gasteiger partial charge in [-0.15, -0.1) is 0 Å². The normalized spacial score (nSPS) is 17.4. The summed E-state index contributed by atoms with van der Waals surface area (Å²) in [4.78, 5) is 11.3. The molecular formula is C14H19FN2O4S. The van der Waals surface area contributed by atoms with Crippen LogP contribution in [0, 0.1) is 5.82 Å². The molecule has 1 fully saturated rings. The summed E-state index contributed by atoms with van der Waals surface area (Å²) in [7, 11) is -2.96. The van der Waals surface area contributed by atoms with E-state index in [-0.39, 0.29) is 12.1 Å². The van der Waals surface area contributed by atoms with Gasteiger partial charge in [-0.1, -0.05) is 12.8 Å². The molecule has 1 aromatic carbocycles. The summed E-state index contributed by atoms with van der Waals surface area (Å²) in [5.74, 6) is -1.59. The van der Waals surface area contributed by atoms with Gasteiger partial charge in [-0.05, 0) is 31.0 Å². The Labute approximate surface area is 128 Å². The Morgan fingerprint density at radius 3 is 2.59 bits per heavy atom. The Morgan fingerprint density at radius 2 is 2.05 bits per heavy atom. The van der Waals surface area contributed by atoms with Gasteiger partial charge < -0.3 is 10.5 Å². The SMILES string of the molecule is COC(=O)c1ccc(F)cc1S(=O)(=O)NC1(CN)CCCC1. The minimum Gasteiger partial charge on any atom is -0.465 e. The van der Waals surface area contributed by atoms with Crippen LogP contribution in [0.5, 0.6) is 0 Å². The van der Waals surface area contributed by atoms with Gasteiger partial charge in [0.1, 0.15) is 5.82 Å². The molecule has 0 aromatic heterocycles. The van der Waals surface area contributed by atoms with Gasteiger partial charge in [-0.2, -0.15) is 0 Å². The van der Waals surface area contributed by atoms with Crippen LogP contribution in [0.1, 0.15) is 36.0 Å². The number of carbonyl (C=O) groups excluding carboxylic acids is 1. The molecule has 0 unspecified atom stereocenters. The fourth-order valence-corrected chi connectivity index (χ4v) is 4.41. The zero-order valence-electron chi connectivity index (χ0n) is 12.3. The van der Waals surface area contributed by atoms with E-state index in [0.717, 1.165) is 38.2 Å². The molecule has 2 rings (SSSR count). The predicted octanol–water partition coefficient (Wildman–Crippen LogP) is 1.16. The Hall–Kier alpha value is -1.51. The second kappa shape index (κ2) is 6.31. The Morgan fingerprint density at radius 1 is 1.41 bits per heavy atom. The van der Waals surface area contributed by atoms with Crippen LogP contribution in [0.15, 0.2) is 23.1 Å². The maximum absolute atomic E-state index is 13.5. The first-order chi connectivity index (χ1) is 10.3. The van der Waals surface area contributed by atoms with Crippen LogP contribution in [0.2, 0.25) is 0 Å². The monoisotopic (exact) mass is 330 g/mol. The molecule has 0 aliphatic heterocycles. The predicted molar refractivity (Wildman–Crippen MR) is 78.3 cm³/mol. The Balaban J connectivity index is 2.45. The first kappa shape index (κ1) is 16.9. The van der Waals surface area contributed by atoms with Crippen molar-refractivity contribution < 1.29 is 22.3 Å². The Kier molecular flexibility index (Phi) is 4.84. The second-order valence-electron chi connectivity index (χ2n) is 5.43. The molecule has 3 N–H and O–H groups in total. The lowest BCUT2D eigenvalue weighted by Gasteiger charge is -2.28. The lowest BCUT2D eigenvalue weighted by molar-refractivity contribution is 0.0596. The standard InChI is InChI=1S/C14H19FN2O4S/c1-21-13(18)11-5-4-10(15)8-12(11)22(19,20)17-14(9-16)6-2-3-7-14/h4-5,8,17H,2-3,6-7,9,16H2,1H3. The molecule has 0 amide bonds. The molecule has 0 saturated heterocycles. The maximum Gasteiger partial charge on any atom is 0.339 e. The zero-order valence-corrected chi connectivity index (χ0v) is 13.1. The third kappa shape index (κ3) is 3.29. The van der Waals surface area contributed by atoms with Crippen molar-refractivity contribution in [2.75, 3.05) is 13.7 Å². The fraction of sp³-hybridized carbons (Fsp3) is 0.500. The van der Waals surface area contributed by atoms with Crippen LogP contribution in [0.25, 0.3) is 0 Å². The molecule has 122 valence electrons. The van der Waals surface area contributed by atoms with E-state index in [1.165, 1.54) is 0 Å². The van der Waals surface area contributed by atoms with Gasteiger partial charge in [0.2, 0.25) is 10.0 Å². The highest BCUT2D eigenvalue weighted by atomic mass is 32.2. The van der Waals surface area contributed by atoms with Crippen molar-refractivity contribution in [1.29, 1.82) is 0 Å². The molecule has 22 heavy (non-hydrogen) atoms. The number of ether oxygens (including phenoxy) is 1. The molecule has 0 atom stereocenters. The summed E-state index contributed by atoms with van der Waals surface area (Å²) in [5.41, 5.74) is 4.77. The zero-order chi connectivity index (χ0) is 16.4. The maximum atomic E-state index is 13.5. The smallest absolute Gasteiger partial charge is 0.339 e. The Bertz CT molecular complexity index is 669. The number of nitrogens with one attached hydrogen (secondary N) is 1. The van der Waals surface area contributed by atoms with E-state index in [0.29, 0.717) is 12.8 Å². The molecule has 0 spiro atoms. The highest BCUT2D eigenvalue weighted by Crippen LogP contribution is 2.31. The summed E-state index contributed by atoms with van der Waals surface area (Å²) < 4.78 is 45.8. The topological polar surface area (TPSA) is 98.5 Å². The minimum absolute atomic E-state index is 0.148. The van der Waals surface area contributed by atoms with Crippen LogP contribution in [-0.4, -0.2) is 33.6 Å². The third-order valence-electron chi connectivity index (χ3n) is 3.94. The lowest BCUT2D eigenvalue weighted by Crippen LogP contribution is -2.51. The molecule has 1 aliphatic rings. The van der Waals surface area contributed by atoms with Crippen molar-refractivity contribution in [3.63, 3.8) is 0 Å². The average Bonchev–Trinajstić information content (AvgIpc) is 2.94. The molecule has 1 aromatic rings. The van der Waals surface area contributed by atoms with Gasteiger partial charge in [0.15, 0.2) is 0 Å². The van der Waals surface area contributed by atoms with E-state index in [9.17, 15) is 17.6 Å². The van der Waals surface area contributed by atoms with E-state index >= 15 is 0 Å². The molecule has 1 saturated carbocycles. The van der Waals surface area contributed by atoms with Crippen molar-refractivity contribution in [3.8, 4) is 0 Å². The molecule has 1 aliphatic carbocycles. The highest BCUT2D eigenvalue weighted by Gasteiger charge is 2.38. The first-order valence-corrected chi connectivity index (χ1v) is 8.44. The number of rotatable bonds is 5. The first-order valence-electron chi connectivity index (χ1n) is 6.95. The number of halogens is 1. The number of carbonyl (C=O) groups is 1. The van der Waals surface area contributed by atoms with Gasteiger partial charge in [0, 0.05) is 12.1 Å². The quantitative estimate of drug-likeness (QED) is 0.790. The van der Waals surface area contributed by atoms with Crippen molar-refractivity contribution in [1.82, 2.24) is 4.72 Å². The van der Waals surface area contributed by atoms with E-state index in [2.05, 4.69) is 9.46 Å². The minimum atomic E-state index is -4.09. The number of benzene rings is 1. The van der Waals surface area contributed by atoms with E-state index < -0.39 is 32.2 Å². The number of sulfonamides is 1. The molecule has 8 heteroatoms. The molecule has 0 bridgehead atoms. The van der Waals surface area contributed by atoms with E-state index in [4.69, 9.17) is 5.73 Å². The van der Waals surface area contributed by atoms with Crippen molar-refractivity contribution in [2.24, 2.45) is 5.73 Å². The number of methoxy groups -OCH3 is 1. The van der Waals surface area contributed by atoms with E-state index in [1.807, 2.05) is 0 Å². The lowest BCUT2D eigenvalue weighted by atomic mass is 10.0. The largest absolute Gasteiger partial charge is 0.465 e. The van der Waals surface area contributed by atoms with Crippen LogP contribution in [0.4, 0.5) is 4.39 Å². The van der Waals surface area contributed by atoms with Crippen molar-refractivity contribution >= 4 is 16.0 Å². The van der Waals surface area contributed by atoms with Gasteiger partial charge >= 0.3 is 5.97 Å². The summed E-state index contributed by atoms with van der Waals surface area (Å²) in [6.07, 6.45) is 2.97. The van der Waals surface area contributed by atoms with Crippen LogP contribution >= 0.6 is 0 Å². The van der Waals surface area contributed by atoms with Crippen LogP contribution in [-0.2, 0) is 14.8 Å². The van der Waals surface area contributed by atoms with Gasteiger partial charge in [0.25, 0.3) is 0 Å². The third-order valence-corrected chi connectivity index (χ3v) is 5.56. The number of esters is 1. The second-order valence-corrected chi connectivity index (χ2v) is 7.08. The molecule has 6 nitrogen and oxygen atoms in total. The summed E-state index contributed by atoms with van der Waals surface area (Å²) >= 11 is 0. The number of nitrogens with two attached hydrogens (primary N) is 1. The van der Waals surface area contributed by atoms with Crippen molar-refractivity contribution in [3.05, 3.63) is 29.6 Å². The molecule has 0 radical (unpaired) electrons. The summed E-state index contributed by atoms with van der Waals surface area (Å²) in [6.45, 7) is 0.148. The molecular weight excluding hydrogens is 311 g/mol. The summed E-state index contributed by atoms with van der Waals surface area (Å²) in [5, 5.41) is 0. The average molecular weight is 330 g/mol. The molecule has 0 heterocycles. The van der Waals surface area contributed by atoms with Crippen LogP contribution < -0.4 is 10.5 Å². The van der Waals surface area contributed by atoms with Crippen LogP contribution in [0.3, 0.4) is 0 Å². The van der Waals surface area contributed by atoms with Gasteiger partial charge in [-0.25, -0.2) is 22.3 Å². The fourth-order valence-electron chi connectivity index (χ4n) is 2.74. The van der Waals surface area contributed by atoms with E-state index in [1.54, 1.807) is 0 Å².